The van der Waals surface area contributed by atoms with Gasteiger partial charge in [0, 0.05) is 37.0 Å². The first-order chi connectivity index (χ1) is 16.9. The van der Waals surface area contributed by atoms with E-state index < -0.39 is 0 Å². The van der Waals surface area contributed by atoms with Crippen molar-refractivity contribution in [2.75, 3.05) is 44.9 Å². The maximum absolute atomic E-state index is 13.1. The number of likely N-dealkylation sites (N-methyl/N-ethyl adjacent to an activating group) is 2. The predicted octanol–water partition coefficient (Wildman–Crippen LogP) is 4.12. The third-order valence-electron chi connectivity index (χ3n) is 5.81. The first-order valence-electron chi connectivity index (χ1n) is 11.3. The van der Waals surface area contributed by atoms with Gasteiger partial charge in [-0.3, -0.25) is 9.59 Å². The van der Waals surface area contributed by atoms with Crippen LogP contribution in [0.4, 0.5) is 11.4 Å². The van der Waals surface area contributed by atoms with Gasteiger partial charge in [0.15, 0.2) is 0 Å². The highest BCUT2D eigenvalue weighted by Gasteiger charge is 2.28. The summed E-state index contributed by atoms with van der Waals surface area (Å²) in [4.78, 5) is 29.8. The van der Waals surface area contributed by atoms with Crippen molar-refractivity contribution in [1.29, 1.82) is 5.26 Å². The van der Waals surface area contributed by atoms with Gasteiger partial charge < -0.3 is 20.4 Å². The molecule has 35 heavy (non-hydrogen) atoms. The lowest BCUT2D eigenvalue weighted by atomic mass is 9.99. The molecule has 2 N–H and O–H groups in total. The quantitative estimate of drug-likeness (QED) is 0.513. The molecule has 176 valence electrons. The molecule has 1 aliphatic rings. The Hall–Kier alpha value is -4.41. The summed E-state index contributed by atoms with van der Waals surface area (Å²) in [6.07, 6.45) is 0. The molecule has 0 fully saturated rings. The molecule has 1 heterocycles. The van der Waals surface area contributed by atoms with E-state index in [4.69, 9.17) is 0 Å². The number of fused-ring (bicyclic) bond motifs is 1. The van der Waals surface area contributed by atoms with Gasteiger partial charge in [-0.2, -0.15) is 5.26 Å². The lowest BCUT2D eigenvalue weighted by Gasteiger charge is -2.20. The molecule has 0 atom stereocenters. The Morgan fingerprint density at radius 1 is 0.943 bits per heavy atom. The molecule has 3 aromatic carbocycles. The zero-order valence-electron chi connectivity index (χ0n) is 20.0. The summed E-state index contributed by atoms with van der Waals surface area (Å²) in [5.74, 6) is -0.325. The van der Waals surface area contributed by atoms with Gasteiger partial charge in [0.1, 0.15) is 0 Å². The van der Waals surface area contributed by atoms with E-state index in [9.17, 15) is 14.9 Å². The van der Waals surface area contributed by atoms with E-state index in [0.717, 1.165) is 17.7 Å². The number of nitriles is 1. The minimum atomic E-state index is -0.253. The van der Waals surface area contributed by atoms with E-state index in [1.165, 1.54) is 0 Å². The standard InChI is InChI=1S/C28H27N5O2/c1-32(2)14-15-33(3)28(35)21-10-7-11-22(17-21)30-26(20-8-5-4-6-9-20)25-23-13-12-19(18-29)16-24(23)31-27(25)34/h4-13,16-17,30H,14-15H2,1-3H3,(H,31,34). The van der Waals surface area contributed by atoms with E-state index >= 15 is 0 Å². The van der Waals surface area contributed by atoms with Crippen molar-refractivity contribution >= 4 is 34.5 Å². The maximum Gasteiger partial charge on any atom is 0.258 e. The number of hydrogen-bond acceptors (Lipinski definition) is 5. The minimum Gasteiger partial charge on any atom is -0.354 e. The van der Waals surface area contributed by atoms with Gasteiger partial charge in [0.05, 0.1) is 28.6 Å². The largest absolute Gasteiger partial charge is 0.354 e. The summed E-state index contributed by atoms with van der Waals surface area (Å²) in [7, 11) is 5.73. The second-order valence-electron chi connectivity index (χ2n) is 8.68. The minimum absolute atomic E-state index is 0.0718. The molecular weight excluding hydrogens is 438 g/mol. The Morgan fingerprint density at radius 3 is 2.40 bits per heavy atom. The molecule has 1 aliphatic heterocycles. The summed E-state index contributed by atoms with van der Waals surface area (Å²) in [6, 6.07) is 24.1. The van der Waals surface area contributed by atoms with Crippen LogP contribution in [0.2, 0.25) is 0 Å². The number of nitrogens with zero attached hydrogens (tertiary/aromatic N) is 3. The van der Waals surface area contributed by atoms with Crippen LogP contribution in [-0.4, -0.2) is 55.8 Å². The van der Waals surface area contributed by atoms with Crippen molar-refractivity contribution in [1.82, 2.24) is 9.80 Å². The van der Waals surface area contributed by atoms with Crippen LogP contribution in [0, 0.1) is 11.3 Å². The van der Waals surface area contributed by atoms with Crippen LogP contribution in [0.3, 0.4) is 0 Å². The second-order valence-corrected chi connectivity index (χ2v) is 8.68. The Labute approximate surface area is 205 Å². The van der Waals surface area contributed by atoms with E-state index in [1.54, 1.807) is 42.3 Å². The monoisotopic (exact) mass is 465 g/mol. The highest BCUT2D eigenvalue weighted by molar-refractivity contribution is 6.37. The average Bonchev–Trinajstić information content (AvgIpc) is 3.20. The van der Waals surface area contributed by atoms with Gasteiger partial charge in [-0.05, 0) is 50.0 Å². The Kier molecular flexibility index (Phi) is 6.95. The van der Waals surface area contributed by atoms with E-state index in [0.29, 0.717) is 40.3 Å². The van der Waals surface area contributed by atoms with Gasteiger partial charge in [-0.25, -0.2) is 0 Å². The van der Waals surface area contributed by atoms with Crippen molar-refractivity contribution in [3.05, 3.63) is 95.1 Å². The molecule has 0 saturated carbocycles. The van der Waals surface area contributed by atoms with Crippen LogP contribution in [0.1, 0.15) is 27.0 Å². The summed E-state index contributed by atoms with van der Waals surface area (Å²) in [6.45, 7) is 1.39. The molecule has 3 aromatic rings. The van der Waals surface area contributed by atoms with Gasteiger partial charge >= 0.3 is 0 Å². The molecule has 7 heteroatoms. The smallest absolute Gasteiger partial charge is 0.258 e. The third-order valence-corrected chi connectivity index (χ3v) is 5.81. The Morgan fingerprint density at radius 2 is 1.69 bits per heavy atom. The van der Waals surface area contributed by atoms with E-state index in [2.05, 4.69) is 16.7 Å². The maximum atomic E-state index is 13.1. The molecular formula is C28H27N5O2. The zero-order chi connectivity index (χ0) is 24.9. The third kappa shape index (κ3) is 5.24. The number of nitrogens with one attached hydrogen (secondary N) is 2. The number of carbonyl (C=O) groups excluding carboxylic acids is 2. The molecule has 0 unspecified atom stereocenters. The molecule has 0 radical (unpaired) electrons. The first kappa shape index (κ1) is 23.7. The van der Waals surface area contributed by atoms with Crippen molar-refractivity contribution in [2.45, 2.75) is 0 Å². The summed E-state index contributed by atoms with van der Waals surface area (Å²) < 4.78 is 0. The summed E-state index contributed by atoms with van der Waals surface area (Å²) >= 11 is 0. The van der Waals surface area contributed by atoms with Crippen molar-refractivity contribution in [3.8, 4) is 6.07 Å². The highest BCUT2D eigenvalue weighted by atomic mass is 16.2. The fraction of sp³-hybridized carbons (Fsp3) is 0.179. The molecule has 0 spiro atoms. The normalized spacial score (nSPS) is 13.6. The van der Waals surface area contributed by atoms with Crippen molar-refractivity contribution < 1.29 is 9.59 Å². The van der Waals surface area contributed by atoms with Gasteiger partial charge in [0.2, 0.25) is 0 Å². The molecule has 4 rings (SSSR count). The molecule has 0 bridgehead atoms. The highest BCUT2D eigenvalue weighted by Crippen LogP contribution is 2.38. The zero-order valence-corrected chi connectivity index (χ0v) is 20.0. The Balaban J connectivity index is 1.73. The number of hydrogen-bond donors (Lipinski definition) is 2. The van der Waals surface area contributed by atoms with Crippen LogP contribution in [-0.2, 0) is 4.79 Å². The van der Waals surface area contributed by atoms with Gasteiger partial charge in [0.25, 0.3) is 11.8 Å². The van der Waals surface area contributed by atoms with E-state index in [1.807, 2.05) is 61.5 Å². The molecule has 0 aliphatic carbocycles. The number of amides is 2. The lowest BCUT2D eigenvalue weighted by Crippen LogP contribution is -2.33. The van der Waals surface area contributed by atoms with Gasteiger partial charge in [-0.15, -0.1) is 0 Å². The van der Waals surface area contributed by atoms with Crippen LogP contribution in [0.5, 0.6) is 0 Å². The molecule has 7 nitrogen and oxygen atoms in total. The van der Waals surface area contributed by atoms with Crippen LogP contribution in [0.25, 0.3) is 11.3 Å². The molecule has 0 saturated heterocycles. The van der Waals surface area contributed by atoms with E-state index in [-0.39, 0.29) is 11.8 Å². The Bertz CT molecular complexity index is 1340. The fourth-order valence-corrected chi connectivity index (χ4v) is 3.92. The SMILES string of the molecule is CN(C)CCN(C)C(=O)c1cccc(NC(=C2C(=O)Nc3cc(C#N)ccc32)c2ccccc2)c1. The summed E-state index contributed by atoms with van der Waals surface area (Å²) in [5, 5.41) is 15.5. The van der Waals surface area contributed by atoms with Crippen molar-refractivity contribution in [3.63, 3.8) is 0 Å². The first-order valence-corrected chi connectivity index (χ1v) is 11.3. The molecule has 0 aromatic heterocycles. The van der Waals surface area contributed by atoms with Crippen LogP contribution < -0.4 is 10.6 Å². The molecule has 2 amide bonds. The summed E-state index contributed by atoms with van der Waals surface area (Å²) in [5.41, 5.74) is 4.98. The predicted molar refractivity (Wildman–Crippen MR) is 139 cm³/mol. The number of benzene rings is 3. The number of carbonyl (C=O) groups is 2. The second kappa shape index (κ2) is 10.2. The van der Waals surface area contributed by atoms with Crippen LogP contribution >= 0.6 is 0 Å². The average molecular weight is 466 g/mol. The fourth-order valence-electron chi connectivity index (χ4n) is 3.92. The number of anilines is 2. The number of rotatable bonds is 7. The van der Waals surface area contributed by atoms with Crippen molar-refractivity contribution in [2.24, 2.45) is 0 Å². The topological polar surface area (TPSA) is 88.5 Å². The van der Waals surface area contributed by atoms with Crippen LogP contribution in [0.15, 0.2) is 72.8 Å². The lowest BCUT2D eigenvalue weighted by molar-refractivity contribution is -0.110. The van der Waals surface area contributed by atoms with Gasteiger partial charge in [-0.1, -0.05) is 42.5 Å².